The van der Waals surface area contributed by atoms with Gasteiger partial charge in [-0.05, 0) is 58.4 Å². The zero-order chi connectivity index (χ0) is 26.4. The molecule has 2 amide bonds. The number of carbonyl (C=O) groups excluding carboxylic acids is 2. The summed E-state index contributed by atoms with van der Waals surface area (Å²) < 4.78 is 7.80. The maximum atomic E-state index is 13.2. The van der Waals surface area contributed by atoms with Crippen LogP contribution in [0.4, 0.5) is 0 Å². The maximum absolute atomic E-state index is 13.2. The molecule has 2 N–H and O–H groups in total. The third kappa shape index (κ3) is 6.79. The van der Waals surface area contributed by atoms with Crippen LogP contribution >= 0.6 is 39.0 Å². The number of rotatable bonds is 10. The van der Waals surface area contributed by atoms with Gasteiger partial charge >= 0.3 is 0 Å². The molecule has 0 bridgehead atoms. The van der Waals surface area contributed by atoms with Crippen molar-refractivity contribution in [2.24, 2.45) is 0 Å². The normalized spacial score (nSPS) is 11.8. The summed E-state index contributed by atoms with van der Waals surface area (Å²) in [5.41, 5.74) is 4.84. The molecule has 0 aliphatic carbocycles. The fourth-order valence-corrected chi connectivity index (χ4v) is 5.55. The summed E-state index contributed by atoms with van der Waals surface area (Å²) in [7, 11) is 0. The highest BCUT2D eigenvalue weighted by Gasteiger charge is 2.23. The first-order chi connectivity index (χ1) is 17.9. The van der Waals surface area contributed by atoms with Crippen LogP contribution in [0.3, 0.4) is 0 Å². The number of carbonyl (C=O) groups is 2. The second-order valence-electron chi connectivity index (χ2n) is 8.14. The number of halogens is 1. The van der Waals surface area contributed by atoms with E-state index in [0.717, 1.165) is 27.6 Å². The number of hydrogen-bond acceptors (Lipinski definition) is 7. The molecule has 0 aliphatic heterocycles. The molecule has 37 heavy (non-hydrogen) atoms. The lowest BCUT2D eigenvalue weighted by Gasteiger charge is -2.18. The van der Waals surface area contributed by atoms with Gasteiger partial charge in [0.1, 0.15) is 10.4 Å². The van der Waals surface area contributed by atoms with Crippen molar-refractivity contribution in [2.45, 2.75) is 37.2 Å². The van der Waals surface area contributed by atoms with Gasteiger partial charge in [-0.3, -0.25) is 19.8 Å². The van der Waals surface area contributed by atoms with Gasteiger partial charge in [-0.25, -0.2) is 4.98 Å². The molecule has 11 heteroatoms. The molecular formula is C26H25BrN4O4S2. The van der Waals surface area contributed by atoms with Crippen LogP contribution in [0.5, 0.6) is 5.75 Å². The highest BCUT2D eigenvalue weighted by molar-refractivity contribution is 9.10. The number of nitrogens with zero attached hydrogens (tertiary/aromatic N) is 2. The van der Waals surface area contributed by atoms with Crippen LogP contribution in [-0.4, -0.2) is 33.3 Å². The molecule has 1 atom stereocenters. The molecular weight excluding hydrogens is 576 g/mol. The van der Waals surface area contributed by atoms with E-state index in [1.807, 2.05) is 44.2 Å². The van der Waals surface area contributed by atoms with E-state index in [2.05, 4.69) is 31.7 Å². The highest BCUT2D eigenvalue weighted by atomic mass is 79.9. The quantitative estimate of drug-likeness (QED) is 0.199. The first-order valence-corrected chi connectivity index (χ1v) is 14.1. The molecule has 0 saturated heterocycles. The first-order valence-electron chi connectivity index (χ1n) is 11.5. The number of ether oxygens (including phenoxy) is 1. The van der Waals surface area contributed by atoms with E-state index < -0.39 is 16.7 Å². The summed E-state index contributed by atoms with van der Waals surface area (Å²) >= 11 is 5.75. The summed E-state index contributed by atoms with van der Waals surface area (Å²) in [6.45, 7) is 3.98. The lowest BCUT2D eigenvalue weighted by molar-refractivity contribution is -0.121. The van der Waals surface area contributed by atoms with Crippen LogP contribution in [-0.2, 0) is 16.1 Å². The lowest BCUT2D eigenvalue weighted by Crippen LogP contribution is -2.38. The third-order valence-corrected chi connectivity index (χ3v) is 8.24. The second-order valence-corrected chi connectivity index (χ2v) is 11.1. The van der Waals surface area contributed by atoms with E-state index in [9.17, 15) is 14.4 Å². The fourth-order valence-electron chi connectivity index (χ4n) is 3.39. The van der Waals surface area contributed by atoms with E-state index in [-0.39, 0.29) is 17.7 Å². The molecule has 0 saturated carbocycles. The van der Waals surface area contributed by atoms with Crippen molar-refractivity contribution >= 4 is 61.1 Å². The Labute approximate surface area is 230 Å². The largest absolute Gasteiger partial charge is 0.483 e. The number of thioether (sulfide) groups is 1. The minimum Gasteiger partial charge on any atom is -0.483 e. The predicted octanol–water partition coefficient (Wildman–Crippen LogP) is 4.87. The Hall–Kier alpha value is -3.15. The smallest absolute Gasteiger partial charge is 0.291 e. The maximum Gasteiger partial charge on any atom is 0.291 e. The Bertz CT molecular complexity index is 1470. The van der Waals surface area contributed by atoms with Gasteiger partial charge in [0.15, 0.2) is 11.8 Å². The average Bonchev–Trinajstić information content (AvgIpc) is 3.37. The Kier molecular flexibility index (Phi) is 9.01. The molecule has 0 aliphatic rings. The lowest BCUT2D eigenvalue weighted by atomic mass is 10.1. The zero-order valence-electron chi connectivity index (χ0n) is 20.2. The van der Waals surface area contributed by atoms with Crippen LogP contribution in [0.1, 0.15) is 24.5 Å². The van der Waals surface area contributed by atoms with E-state index in [4.69, 9.17) is 4.74 Å². The van der Waals surface area contributed by atoms with E-state index >= 15 is 0 Å². The van der Waals surface area contributed by atoms with Crippen molar-refractivity contribution < 1.29 is 14.3 Å². The van der Waals surface area contributed by atoms with E-state index in [1.54, 1.807) is 29.6 Å². The number of benzene rings is 2. The molecule has 2 heterocycles. The fraction of sp³-hybridized carbons (Fsp3) is 0.231. The van der Waals surface area contributed by atoms with Gasteiger partial charge in [0.2, 0.25) is 5.91 Å². The molecule has 0 radical (unpaired) electrons. The number of nitrogens with one attached hydrogen (secondary N) is 2. The molecule has 8 nitrogen and oxygen atoms in total. The summed E-state index contributed by atoms with van der Waals surface area (Å²) in [5.74, 6) is -0.208. The van der Waals surface area contributed by atoms with Crippen LogP contribution in [0, 0.1) is 6.92 Å². The Balaban J connectivity index is 1.51. The molecule has 4 rings (SSSR count). The molecule has 2 aromatic heterocycles. The third-order valence-electron chi connectivity index (χ3n) is 5.38. The number of amides is 2. The number of fused-ring (bicyclic) bond motifs is 1. The molecule has 4 aromatic rings. The van der Waals surface area contributed by atoms with Crippen LogP contribution < -0.4 is 21.0 Å². The standard InChI is InChI=1S/C26H25BrN4O4S2/c1-3-21(24(33)28-14-17-10-8-16(2)9-11-17)37-26-29-19-12-13-36-23(19)25(34)31(26)30-22(32)15-35-20-7-5-4-6-18(20)27/h4-13,21H,3,14-15H2,1-2H3,(H,28,33)(H,30,32). The van der Waals surface area contributed by atoms with Crippen LogP contribution in [0.2, 0.25) is 0 Å². The number of thiophene rings is 1. The van der Waals surface area contributed by atoms with Crippen molar-refractivity contribution in [2.75, 3.05) is 12.0 Å². The predicted molar refractivity (Wildman–Crippen MR) is 151 cm³/mol. The number of hydrogen-bond donors (Lipinski definition) is 2. The summed E-state index contributed by atoms with van der Waals surface area (Å²) in [6.07, 6.45) is 0.501. The highest BCUT2D eigenvalue weighted by Crippen LogP contribution is 2.26. The topological polar surface area (TPSA) is 102 Å². The number of para-hydroxylation sites is 1. The summed E-state index contributed by atoms with van der Waals surface area (Å²) in [4.78, 5) is 43.5. The second kappa shape index (κ2) is 12.4. The SMILES string of the molecule is CCC(Sc1nc2ccsc2c(=O)n1NC(=O)COc1ccccc1Br)C(=O)NCc1ccc(C)cc1. The Morgan fingerprint density at radius 2 is 1.92 bits per heavy atom. The van der Waals surface area contributed by atoms with Crippen molar-refractivity contribution in [3.8, 4) is 5.75 Å². The van der Waals surface area contributed by atoms with Gasteiger partial charge in [-0.15, -0.1) is 11.3 Å². The van der Waals surface area contributed by atoms with Crippen molar-refractivity contribution in [1.29, 1.82) is 0 Å². The monoisotopic (exact) mass is 600 g/mol. The van der Waals surface area contributed by atoms with Gasteiger partial charge in [-0.1, -0.05) is 60.6 Å². The minimum atomic E-state index is -0.533. The van der Waals surface area contributed by atoms with Gasteiger partial charge in [0.05, 0.1) is 15.2 Å². The summed E-state index contributed by atoms with van der Waals surface area (Å²) in [5, 5.41) is 4.43. The molecule has 0 spiro atoms. The van der Waals surface area contributed by atoms with Crippen molar-refractivity contribution in [1.82, 2.24) is 15.0 Å². The molecule has 2 aromatic carbocycles. The first kappa shape index (κ1) is 26.9. The molecule has 0 fully saturated rings. The van der Waals surface area contributed by atoms with E-state index in [1.165, 1.54) is 11.3 Å². The number of aryl methyl sites for hydroxylation is 1. The van der Waals surface area contributed by atoms with Crippen LogP contribution in [0.25, 0.3) is 10.2 Å². The average molecular weight is 602 g/mol. The van der Waals surface area contributed by atoms with Gasteiger partial charge in [0.25, 0.3) is 11.5 Å². The molecule has 192 valence electrons. The molecule has 1 unspecified atom stereocenters. The number of aromatic nitrogens is 2. The zero-order valence-corrected chi connectivity index (χ0v) is 23.4. The van der Waals surface area contributed by atoms with Gasteiger partial charge in [-0.2, -0.15) is 4.68 Å². The Morgan fingerprint density at radius 1 is 1.16 bits per heavy atom. The van der Waals surface area contributed by atoms with Crippen molar-refractivity contribution in [3.63, 3.8) is 0 Å². The Morgan fingerprint density at radius 3 is 2.65 bits per heavy atom. The van der Waals surface area contributed by atoms with Gasteiger partial charge in [0, 0.05) is 6.54 Å². The van der Waals surface area contributed by atoms with Gasteiger partial charge < -0.3 is 10.1 Å². The van der Waals surface area contributed by atoms with Crippen molar-refractivity contribution in [3.05, 3.63) is 85.9 Å². The van der Waals surface area contributed by atoms with Crippen LogP contribution in [0.15, 0.2) is 74.4 Å². The minimum absolute atomic E-state index is 0.178. The van der Waals surface area contributed by atoms with E-state index in [0.29, 0.717) is 33.4 Å². The summed E-state index contributed by atoms with van der Waals surface area (Å²) in [6, 6.07) is 16.8.